The maximum atomic E-state index is 12.7. The van der Waals surface area contributed by atoms with Crippen molar-refractivity contribution in [2.75, 3.05) is 19.4 Å². The van der Waals surface area contributed by atoms with Crippen LogP contribution in [0.2, 0.25) is 0 Å². The second-order valence-corrected chi connectivity index (χ2v) is 12.2. The molecule has 2 aromatic carbocycles. The molecule has 1 aromatic heterocycles. The number of rotatable bonds is 9. The second kappa shape index (κ2) is 11.1. The number of hydrogen-bond acceptors (Lipinski definition) is 8. The lowest BCUT2D eigenvalue weighted by molar-refractivity contribution is 0.0956. The Balaban J connectivity index is 0.00000385. The van der Waals surface area contributed by atoms with Crippen molar-refractivity contribution in [1.82, 2.24) is 5.32 Å². The summed E-state index contributed by atoms with van der Waals surface area (Å²) in [5.41, 5.74) is 5.76. The lowest BCUT2D eigenvalue weighted by Gasteiger charge is -2.08. The molecular formula is C21H23ClN2O6S3. The van der Waals surface area contributed by atoms with Gasteiger partial charge in [0.05, 0.1) is 22.7 Å². The van der Waals surface area contributed by atoms with Gasteiger partial charge in [0.25, 0.3) is 5.91 Å². The summed E-state index contributed by atoms with van der Waals surface area (Å²) in [5.74, 6) is -0.235. The quantitative estimate of drug-likeness (QED) is 0.434. The number of halogens is 1. The number of sulfone groups is 2. The molecule has 0 saturated carbocycles. The monoisotopic (exact) mass is 530 g/mol. The first-order chi connectivity index (χ1) is 15.2. The molecule has 0 unspecified atom stereocenters. The number of benzene rings is 2. The fraction of sp³-hybridized carbons (Fsp3) is 0.190. The van der Waals surface area contributed by atoms with E-state index in [4.69, 9.17) is 10.5 Å². The zero-order chi connectivity index (χ0) is 23.4. The standard InChI is InChI=1S/C21H22N2O6S3.ClH/c1-29-16-4-9-18(10-5-16)31(25,26)13-12-23-21(24)15-2-7-19(8-3-15)32(27,28)20-11-6-17(14-22)30-20;/h2-11H,12-14,22H2,1H3,(H,23,24);1H. The molecule has 33 heavy (non-hydrogen) atoms. The van der Waals surface area contributed by atoms with E-state index >= 15 is 0 Å². The molecule has 0 aliphatic carbocycles. The highest BCUT2D eigenvalue weighted by atomic mass is 35.5. The van der Waals surface area contributed by atoms with E-state index in [1.807, 2.05) is 0 Å². The SMILES string of the molecule is COc1ccc(S(=O)(=O)CCNC(=O)c2ccc(S(=O)(=O)c3ccc(CN)s3)cc2)cc1.Cl. The van der Waals surface area contributed by atoms with Crippen molar-refractivity contribution in [2.45, 2.75) is 20.5 Å². The second-order valence-electron chi connectivity index (χ2n) is 6.70. The van der Waals surface area contributed by atoms with Crippen LogP contribution in [0.5, 0.6) is 5.75 Å². The Bertz CT molecular complexity index is 1300. The van der Waals surface area contributed by atoms with Gasteiger partial charge in [0, 0.05) is 23.5 Å². The molecule has 8 nitrogen and oxygen atoms in total. The lowest BCUT2D eigenvalue weighted by atomic mass is 10.2. The summed E-state index contributed by atoms with van der Waals surface area (Å²) in [7, 11) is -5.79. The van der Waals surface area contributed by atoms with Gasteiger partial charge in [-0.2, -0.15) is 0 Å². The predicted octanol–water partition coefficient (Wildman–Crippen LogP) is 2.67. The molecule has 1 amide bonds. The average Bonchev–Trinajstić information content (AvgIpc) is 3.29. The van der Waals surface area contributed by atoms with Crippen LogP contribution in [0, 0.1) is 0 Å². The van der Waals surface area contributed by atoms with E-state index in [2.05, 4.69) is 5.32 Å². The third kappa shape index (κ3) is 6.33. The van der Waals surface area contributed by atoms with E-state index in [1.54, 1.807) is 18.2 Å². The van der Waals surface area contributed by atoms with E-state index in [9.17, 15) is 21.6 Å². The van der Waals surface area contributed by atoms with Crippen LogP contribution in [0.15, 0.2) is 74.7 Å². The van der Waals surface area contributed by atoms with Gasteiger partial charge >= 0.3 is 0 Å². The molecule has 0 spiro atoms. The van der Waals surface area contributed by atoms with Crippen LogP contribution in [0.4, 0.5) is 0 Å². The van der Waals surface area contributed by atoms with Gasteiger partial charge in [-0.1, -0.05) is 0 Å². The number of thiophene rings is 1. The van der Waals surface area contributed by atoms with Crippen molar-refractivity contribution in [1.29, 1.82) is 0 Å². The summed E-state index contributed by atoms with van der Waals surface area (Å²) in [4.78, 5) is 13.3. The maximum absolute atomic E-state index is 12.7. The highest BCUT2D eigenvalue weighted by molar-refractivity contribution is 7.93. The summed E-state index contributed by atoms with van der Waals surface area (Å²) in [6.45, 7) is 0.164. The molecule has 12 heteroatoms. The third-order valence-electron chi connectivity index (χ3n) is 4.60. The Morgan fingerprint density at radius 1 is 0.939 bits per heavy atom. The van der Waals surface area contributed by atoms with E-state index < -0.39 is 25.6 Å². The zero-order valence-corrected chi connectivity index (χ0v) is 20.8. The molecule has 3 aromatic rings. The van der Waals surface area contributed by atoms with E-state index in [0.717, 1.165) is 16.2 Å². The van der Waals surface area contributed by atoms with E-state index in [0.29, 0.717) is 5.75 Å². The number of carbonyl (C=O) groups excluding carboxylic acids is 1. The molecule has 0 radical (unpaired) electrons. The molecule has 3 rings (SSSR count). The molecule has 0 atom stereocenters. The fourth-order valence-corrected chi connectivity index (χ4v) is 6.61. The summed E-state index contributed by atoms with van der Waals surface area (Å²) >= 11 is 1.10. The molecule has 0 saturated heterocycles. The Labute approximate surface area is 203 Å². The van der Waals surface area contributed by atoms with Crippen molar-refractivity contribution >= 4 is 49.3 Å². The minimum absolute atomic E-state index is 0. The van der Waals surface area contributed by atoms with Gasteiger partial charge < -0.3 is 15.8 Å². The highest BCUT2D eigenvalue weighted by Gasteiger charge is 2.20. The first-order valence-electron chi connectivity index (χ1n) is 9.46. The molecule has 3 N–H and O–H groups in total. The molecule has 0 bridgehead atoms. The van der Waals surface area contributed by atoms with Crippen molar-refractivity contribution in [3.05, 3.63) is 71.1 Å². The first kappa shape index (κ1) is 26.8. The van der Waals surface area contributed by atoms with Crippen molar-refractivity contribution in [3.8, 4) is 5.75 Å². The van der Waals surface area contributed by atoms with Crippen LogP contribution >= 0.6 is 23.7 Å². The highest BCUT2D eigenvalue weighted by Crippen LogP contribution is 2.27. The fourth-order valence-electron chi connectivity index (χ4n) is 2.82. The van der Waals surface area contributed by atoms with Gasteiger partial charge in [-0.25, -0.2) is 16.8 Å². The van der Waals surface area contributed by atoms with Crippen LogP contribution < -0.4 is 15.8 Å². The normalized spacial score (nSPS) is 11.5. The number of amides is 1. The van der Waals surface area contributed by atoms with E-state index in [-0.39, 0.29) is 50.8 Å². The van der Waals surface area contributed by atoms with Gasteiger partial charge in [0.2, 0.25) is 9.84 Å². The van der Waals surface area contributed by atoms with Crippen molar-refractivity contribution in [2.24, 2.45) is 5.73 Å². The summed E-state index contributed by atoms with van der Waals surface area (Å²) in [6, 6.07) is 14.6. The third-order valence-corrected chi connectivity index (χ3v) is 9.71. The number of nitrogens with one attached hydrogen (secondary N) is 1. The zero-order valence-electron chi connectivity index (χ0n) is 17.6. The Morgan fingerprint density at radius 2 is 1.55 bits per heavy atom. The molecule has 1 heterocycles. The van der Waals surface area contributed by atoms with Gasteiger partial charge in [-0.3, -0.25) is 4.79 Å². The number of hydrogen-bond donors (Lipinski definition) is 2. The lowest BCUT2D eigenvalue weighted by Crippen LogP contribution is -2.29. The summed E-state index contributed by atoms with van der Waals surface area (Å²) in [5, 5.41) is 2.54. The number of carbonyl (C=O) groups is 1. The Kier molecular flexibility index (Phi) is 9.04. The minimum atomic E-state index is -3.70. The Morgan fingerprint density at radius 3 is 2.09 bits per heavy atom. The van der Waals surface area contributed by atoms with E-state index in [1.165, 1.54) is 49.6 Å². The molecule has 178 valence electrons. The van der Waals surface area contributed by atoms with Crippen LogP contribution in [-0.4, -0.2) is 42.2 Å². The Hall–Kier alpha value is -2.44. The van der Waals surface area contributed by atoms with Gasteiger partial charge in [-0.05, 0) is 60.7 Å². The van der Waals surface area contributed by atoms with Gasteiger partial charge in [0.15, 0.2) is 9.84 Å². The number of methoxy groups -OCH3 is 1. The first-order valence-corrected chi connectivity index (χ1v) is 13.4. The van der Waals surface area contributed by atoms with Crippen LogP contribution in [0.25, 0.3) is 0 Å². The molecular weight excluding hydrogens is 508 g/mol. The summed E-state index contributed by atoms with van der Waals surface area (Å²) < 4.78 is 55.4. The predicted molar refractivity (Wildman–Crippen MR) is 129 cm³/mol. The van der Waals surface area contributed by atoms with Crippen molar-refractivity contribution < 1.29 is 26.4 Å². The largest absolute Gasteiger partial charge is 0.497 e. The number of nitrogens with two attached hydrogens (primary N) is 1. The van der Waals surface area contributed by atoms with Gasteiger partial charge in [-0.15, -0.1) is 23.7 Å². The molecule has 0 aliphatic heterocycles. The van der Waals surface area contributed by atoms with Crippen molar-refractivity contribution in [3.63, 3.8) is 0 Å². The summed E-state index contributed by atoms with van der Waals surface area (Å²) in [6.07, 6.45) is 0. The van der Waals surface area contributed by atoms with Gasteiger partial charge in [0.1, 0.15) is 9.96 Å². The minimum Gasteiger partial charge on any atom is -0.497 e. The van der Waals surface area contributed by atoms with Crippen LogP contribution in [0.1, 0.15) is 15.2 Å². The molecule has 0 fully saturated rings. The number of ether oxygens (including phenoxy) is 1. The maximum Gasteiger partial charge on any atom is 0.251 e. The van der Waals surface area contributed by atoms with Crippen LogP contribution in [0.3, 0.4) is 0 Å². The average molecular weight is 531 g/mol. The van der Waals surface area contributed by atoms with Crippen LogP contribution in [-0.2, 0) is 26.2 Å². The molecule has 0 aliphatic rings. The smallest absolute Gasteiger partial charge is 0.251 e. The topological polar surface area (TPSA) is 133 Å².